The van der Waals surface area contributed by atoms with E-state index in [4.69, 9.17) is 19.9 Å². The summed E-state index contributed by atoms with van der Waals surface area (Å²) in [6.07, 6.45) is -0.656. The Morgan fingerprint density at radius 1 is 1.10 bits per heavy atom. The zero-order valence-corrected chi connectivity index (χ0v) is 13.0. The summed E-state index contributed by atoms with van der Waals surface area (Å²) in [5, 5.41) is 9.77. The minimum Gasteiger partial charge on any atom is -0.491 e. The van der Waals surface area contributed by atoms with Gasteiger partial charge < -0.3 is 25.1 Å². The molecule has 0 radical (unpaired) electrons. The monoisotopic (exact) mass is 297 g/mol. The minimum absolute atomic E-state index is 0.195. The van der Waals surface area contributed by atoms with Crippen molar-refractivity contribution in [2.24, 2.45) is 11.7 Å². The van der Waals surface area contributed by atoms with Crippen molar-refractivity contribution in [3.05, 3.63) is 29.8 Å². The molecule has 0 bridgehead atoms. The third kappa shape index (κ3) is 8.67. The van der Waals surface area contributed by atoms with Crippen LogP contribution in [0.25, 0.3) is 0 Å². The number of rotatable bonds is 11. The summed E-state index contributed by atoms with van der Waals surface area (Å²) >= 11 is 0. The molecule has 21 heavy (non-hydrogen) atoms. The third-order valence-electron chi connectivity index (χ3n) is 2.71. The molecule has 120 valence electrons. The maximum atomic E-state index is 9.77. The van der Waals surface area contributed by atoms with E-state index in [1.807, 2.05) is 24.3 Å². The van der Waals surface area contributed by atoms with Crippen molar-refractivity contribution in [2.75, 3.05) is 33.0 Å². The lowest BCUT2D eigenvalue weighted by Gasteiger charge is -2.13. The van der Waals surface area contributed by atoms with Gasteiger partial charge in [0.25, 0.3) is 0 Å². The topological polar surface area (TPSA) is 73.9 Å². The number of hydrogen-bond donors (Lipinski definition) is 2. The van der Waals surface area contributed by atoms with Crippen molar-refractivity contribution in [3.8, 4) is 5.75 Å². The molecule has 0 fully saturated rings. The molecule has 0 amide bonds. The number of benzene rings is 1. The predicted molar refractivity (Wildman–Crippen MR) is 82.3 cm³/mol. The van der Waals surface area contributed by atoms with Crippen LogP contribution in [-0.2, 0) is 16.0 Å². The first-order valence-corrected chi connectivity index (χ1v) is 7.37. The highest BCUT2D eigenvalue weighted by Crippen LogP contribution is 2.13. The fraction of sp³-hybridized carbons (Fsp3) is 0.625. The molecular weight excluding hydrogens is 270 g/mol. The minimum atomic E-state index is -0.656. The summed E-state index contributed by atoms with van der Waals surface area (Å²) < 4.78 is 16.2. The van der Waals surface area contributed by atoms with Gasteiger partial charge >= 0.3 is 0 Å². The molecule has 0 aliphatic rings. The Kier molecular flexibility index (Phi) is 9.01. The van der Waals surface area contributed by atoms with Gasteiger partial charge in [0.1, 0.15) is 18.5 Å². The number of nitrogens with two attached hydrogens (primary N) is 1. The van der Waals surface area contributed by atoms with E-state index in [1.165, 1.54) is 0 Å². The molecule has 0 aliphatic carbocycles. The van der Waals surface area contributed by atoms with E-state index in [-0.39, 0.29) is 13.2 Å². The van der Waals surface area contributed by atoms with Crippen LogP contribution in [-0.4, -0.2) is 44.2 Å². The van der Waals surface area contributed by atoms with Crippen LogP contribution in [0, 0.1) is 5.92 Å². The van der Waals surface area contributed by atoms with E-state index in [0.717, 1.165) is 12.2 Å². The lowest BCUT2D eigenvalue weighted by Crippen LogP contribution is -2.24. The zero-order valence-electron chi connectivity index (χ0n) is 13.0. The maximum Gasteiger partial charge on any atom is 0.119 e. The van der Waals surface area contributed by atoms with Crippen LogP contribution in [0.15, 0.2) is 24.3 Å². The summed E-state index contributed by atoms with van der Waals surface area (Å²) in [5.74, 6) is 1.23. The molecule has 5 heteroatoms. The van der Waals surface area contributed by atoms with Crippen molar-refractivity contribution >= 4 is 0 Å². The van der Waals surface area contributed by atoms with E-state index >= 15 is 0 Å². The summed E-state index contributed by atoms with van der Waals surface area (Å²) in [4.78, 5) is 0. The van der Waals surface area contributed by atoms with Crippen LogP contribution >= 0.6 is 0 Å². The number of aliphatic hydroxyl groups is 1. The highest BCUT2D eigenvalue weighted by Gasteiger charge is 2.06. The number of hydrogen-bond acceptors (Lipinski definition) is 5. The van der Waals surface area contributed by atoms with Crippen LogP contribution < -0.4 is 10.5 Å². The summed E-state index contributed by atoms with van der Waals surface area (Å²) in [6, 6.07) is 7.52. The highest BCUT2D eigenvalue weighted by atomic mass is 16.5. The second-order valence-corrected chi connectivity index (χ2v) is 5.36. The van der Waals surface area contributed by atoms with E-state index in [9.17, 15) is 5.11 Å². The molecule has 1 unspecified atom stereocenters. The number of ether oxygens (including phenoxy) is 3. The second kappa shape index (κ2) is 10.6. The lowest BCUT2D eigenvalue weighted by atomic mass is 10.2. The highest BCUT2D eigenvalue weighted by molar-refractivity contribution is 5.28. The first-order valence-electron chi connectivity index (χ1n) is 7.37. The van der Waals surface area contributed by atoms with Gasteiger partial charge in [-0.25, -0.2) is 0 Å². The third-order valence-corrected chi connectivity index (χ3v) is 2.71. The Balaban J connectivity index is 2.09. The normalized spacial score (nSPS) is 12.6. The average Bonchev–Trinajstić information content (AvgIpc) is 2.48. The Bertz CT molecular complexity index is 384. The van der Waals surface area contributed by atoms with E-state index < -0.39 is 6.10 Å². The molecule has 0 aliphatic heterocycles. The molecule has 3 N–H and O–H groups in total. The Morgan fingerprint density at radius 2 is 1.81 bits per heavy atom. The lowest BCUT2D eigenvalue weighted by molar-refractivity contribution is -0.0139. The number of aliphatic hydroxyl groups excluding tert-OH is 1. The fourth-order valence-corrected chi connectivity index (χ4v) is 1.66. The molecule has 0 aromatic heterocycles. The molecule has 0 saturated carbocycles. The molecule has 0 heterocycles. The van der Waals surface area contributed by atoms with Crippen molar-refractivity contribution in [1.29, 1.82) is 0 Å². The average molecular weight is 297 g/mol. The quantitative estimate of drug-likeness (QED) is 0.607. The molecule has 1 aromatic carbocycles. The van der Waals surface area contributed by atoms with Gasteiger partial charge in [0.15, 0.2) is 0 Å². The molecule has 1 aromatic rings. The fourth-order valence-electron chi connectivity index (χ4n) is 1.66. The van der Waals surface area contributed by atoms with Crippen molar-refractivity contribution in [1.82, 2.24) is 0 Å². The molecule has 1 atom stereocenters. The summed E-state index contributed by atoms with van der Waals surface area (Å²) in [5.41, 5.74) is 6.56. The molecule has 1 rings (SSSR count). The smallest absolute Gasteiger partial charge is 0.119 e. The van der Waals surface area contributed by atoms with Gasteiger partial charge in [-0.05, 0) is 23.6 Å². The van der Waals surface area contributed by atoms with E-state index in [1.54, 1.807) is 0 Å². The van der Waals surface area contributed by atoms with Gasteiger partial charge in [-0.3, -0.25) is 0 Å². The zero-order chi connectivity index (χ0) is 15.5. The first kappa shape index (κ1) is 17.9. The summed E-state index contributed by atoms with van der Waals surface area (Å²) in [6.45, 7) is 6.86. The molecular formula is C16H27NO4. The standard InChI is InChI=1S/C16H27NO4/c1-13(2)10-19-6-7-20-11-15(18)12-21-16-5-3-4-14(8-16)9-17/h3-5,8,13,15,18H,6-7,9-12,17H2,1-2H3. The van der Waals surface area contributed by atoms with Gasteiger partial charge in [0, 0.05) is 13.2 Å². The van der Waals surface area contributed by atoms with Crippen LogP contribution in [0.4, 0.5) is 0 Å². The van der Waals surface area contributed by atoms with Gasteiger partial charge in [0.2, 0.25) is 0 Å². The van der Waals surface area contributed by atoms with Gasteiger partial charge in [-0.2, -0.15) is 0 Å². The Labute approximate surface area is 127 Å². The molecule has 0 spiro atoms. The maximum absolute atomic E-state index is 9.77. The molecule has 0 saturated heterocycles. The van der Waals surface area contributed by atoms with Crippen LogP contribution in [0.2, 0.25) is 0 Å². The first-order chi connectivity index (χ1) is 10.1. The second-order valence-electron chi connectivity index (χ2n) is 5.36. The van der Waals surface area contributed by atoms with E-state index in [0.29, 0.717) is 31.4 Å². The van der Waals surface area contributed by atoms with Crippen LogP contribution in [0.5, 0.6) is 5.75 Å². The largest absolute Gasteiger partial charge is 0.491 e. The van der Waals surface area contributed by atoms with Crippen molar-refractivity contribution in [2.45, 2.75) is 26.5 Å². The van der Waals surface area contributed by atoms with Crippen molar-refractivity contribution in [3.63, 3.8) is 0 Å². The van der Waals surface area contributed by atoms with Gasteiger partial charge in [0.05, 0.1) is 19.8 Å². The van der Waals surface area contributed by atoms with Gasteiger partial charge in [-0.15, -0.1) is 0 Å². The summed E-state index contributed by atoms with van der Waals surface area (Å²) in [7, 11) is 0. The predicted octanol–water partition coefficient (Wildman–Crippen LogP) is 1.57. The van der Waals surface area contributed by atoms with E-state index in [2.05, 4.69) is 13.8 Å². The Hall–Kier alpha value is -1.14. The van der Waals surface area contributed by atoms with Crippen LogP contribution in [0.1, 0.15) is 19.4 Å². The Morgan fingerprint density at radius 3 is 2.48 bits per heavy atom. The van der Waals surface area contributed by atoms with Crippen molar-refractivity contribution < 1.29 is 19.3 Å². The van der Waals surface area contributed by atoms with Gasteiger partial charge in [-0.1, -0.05) is 26.0 Å². The molecule has 5 nitrogen and oxygen atoms in total. The SMILES string of the molecule is CC(C)COCCOCC(O)COc1cccc(CN)c1. The van der Waals surface area contributed by atoms with Crippen LogP contribution in [0.3, 0.4) is 0 Å².